The highest BCUT2D eigenvalue weighted by Gasteiger charge is 2.38. The van der Waals surface area contributed by atoms with Crippen LogP contribution >= 0.6 is 0 Å². The van der Waals surface area contributed by atoms with Crippen LogP contribution in [0.1, 0.15) is 74.3 Å². The molecule has 0 spiro atoms. The summed E-state index contributed by atoms with van der Waals surface area (Å²) < 4.78 is 11.5. The Morgan fingerprint density at radius 3 is 2.53 bits per heavy atom. The molecule has 0 saturated heterocycles. The van der Waals surface area contributed by atoms with Gasteiger partial charge in [0, 0.05) is 17.9 Å². The molecule has 2 aromatic rings. The lowest BCUT2D eigenvalue weighted by Gasteiger charge is -2.41. The minimum atomic E-state index is 0.0457. The second-order valence-corrected chi connectivity index (χ2v) is 9.10. The predicted octanol–water partition coefficient (Wildman–Crippen LogP) is 7.45. The Balaban J connectivity index is 1.75. The average molecular weight is 401 g/mol. The fourth-order valence-corrected chi connectivity index (χ4v) is 4.78. The van der Waals surface area contributed by atoms with Crippen LogP contribution in [0.4, 0.5) is 0 Å². The smallest absolute Gasteiger partial charge is 0.143 e. The number of benzene rings is 2. The van der Waals surface area contributed by atoms with Crippen molar-refractivity contribution in [3.05, 3.63) is 88.0 Å². The molecule has 1 fully saturated rings. The van der Waals surface area contributed by atoms with Crippen LogP contribution in [0.3, 0.4) is 0 Å². The van der Waals surface area contributed by atoms with Crippen molar-refractivity contribution in [1.82, 2.24) is 0 Å². The zero-order valence-electron chi connectivity index (χ0n) is 18.7. The van der Waals surface area contributed by atoms with E-state index >= 15 is 0 Å². The van der Waals surface area contributed by atoms with Crippen LogP contribution in [0.2, 0.25) is 0 Å². The van der Waals surface area contributed by atoms with E-state index in [0.29, 0.717) is 6.61 Å². The van der Waals surface area contributed by atoms with Crippen molar-refractivity contribution in [2.24, 2.45) is 5.92 Å². The van der Waals surface area contributed by atoms with Gasteiger partial charge in [-0.1, -0.05) is 43.5 Å². The predicted molar refractivity (Wildman–Crippen MR) is 123 cm³/mol. The monoisotopic (exact) mass is 400 g/mol. The summed E-state index contributed by atoms with van der Waals surface area (Å²) in [5.41, 5.74) is 9.70. The van der Waals surface area contributed by atoms with Crippen LogP contribution in [0, 0.1) is 12.8 Å². The van der Waals surface area contributed by atoms with Gasteiger partial charge in [0.15, 0.2) is 0 Å². The summed E-state index contributed by atoms with van der Waals surface area (Å²) in [7, 11) is 0. The highest BCUT2D eigenvalue weighted by Crippen LogP contribution is 2.48. The van der Waals surface area contributed by atoms with E-state index in [0.717, 1.165) is 28.7 Å². The van der Waals surface area contributed by atoms with Crippen molar-refractivity contribution >= 4 is 6.08 Å². The number of rotatable bonds is 5. The van der Waals surface area contributed by atoms with Gasteiger partial charge in [-0.3, -0.25) is 0 Å². The van der Waals surface area contributed by atoms with E-state index in [1.807, 2.05) is 13.8 Å². The Kier molecular flexibility index (Phi) is 5.62. The number of aryl methyl sites for hydroxylation is 1. The third-order valence-corrected chi connectivity index (χ3v) is 6.75. The zero-order valence-corrected chi connectivity index (χ0v) is 18.7. The van der Waals surface area contributed by atoms with Crippen LogP contribution in [0.5, 0.6) is 5.75 Å². The molecule has 0 aromatic heterocycles. The van der Waals surface area contributed by atoms with Crippen LogP contribution in [0.25, 0.3) is 6.08 Å². The third kappa shape index (κ3) is 3.98. The normalized spacial score (nSPS) is 22.7. The largest absolute Gasteiger partial charge is 0.494 e. The SMILES string of the molecule is C=C(C)OCc1ccc(C2(c3ccc4c(c3)C=C=C(C)O4)CCC(C)CC2)cc1C. The molecule has 2 aliphatic rings. The van der Waals surface area contributed by atoms with Gasteiger partial charge in [-0.05, 0) is 85.9 Å². The maximum atomic E-state index is 5.86. The summed E-state index contributed by atoms with van der Waals surface area (Å²) in [5.74, 6) is 3.29. The topological polar surface area (TPSA) is 18.5 Å². The first kappa shape index (κ1) is 20.6. The fourth-order valence-electron chi connectivity index (χ4n) is 4.78. The summed E-state index contributed by atoms with van der Waals surface area (Å²) in [6, 6.07) is 13.7. The van der Waals surface area contributed by atoms with Crippen LogP contribution in [0.15, 0.2) is 60.2 Å². The van der Waals surface area contributed by atoms with Crippen molar-refractivity contribution in [1.29, 1.82) is 0 Å². The molecule has 2 aromatic carbocycles. The maximum Gasteiger partial charge on any atom is 0.143 e. The van der Waals surface area contributed by atoms with Gasteiger partial charge >= 0.3 is 0 Å². The molecule has 30 heavy (non-hydrogen) atoms. The molecule has 156 valence electrons. The van der Waals surface area contributed by atoms with Gasteiger partial charge in [-0.25, -0.2) is 0 Å². The standard InChI is InChI=1S/C28H32O2/c1-19(2)29-18-24-8-9-25(16-21(24)4)28(14-12-20(3)13-15-28)26-10-11-27-23(17-26)7-6-22(5)30-27/h7-11,16-17,20H,1,12-15,18H2,2-5H3. The summed E-state index contributed by atoms with van der Waals surface area (Å²) >= 11 is 0. The maximum absolute atomic E-state index is 5.86. The van der Waals surface area contributed by atoms with Gasteiger partial charge in [0.1, 0.15) is 18.1 Å². The van der Waals surface area contributed by atoms with E-state index in [4.69, 9.17) is 9.47 Å². The summed E-state index contributed by atoms with van der Waals surface area (Å²) in [6.45, 7) is 12.8. The van der Waals surface area contributed by atoms with Crippen molar-refractivity contribution < 1.29 is 9.47 Å². The van der Waals surface area contributed by atoms with E-state index in [1.165, 1.54) is 47.9 Å². The van der Waals surface area contributed by atoms with E-state index in [-0.39, 0.29) is 5.41 Å². The number of allylic oxidation sites excluding steroid dienone is 2. The zero-order chi connectivity index (χ0) is 21.3. The van der Waals surface area contributed by atoms with Crippen LogP contribution in [-0.4, -0.2) is 0 Å². The quantitative estimate of drug-likeness (QED) is 0.383. The first-order valence-electron chi connectivity index (χ1n) is 11.0. The van der Waals surface area contributed by atoms with Crippen molar-refractivity contribution in [3.63, 3.8) is 0 Å². The highest BCUT2D eigenvalue weighted by atomic mass is 16.5. The molecular weight excluding hydrogens is 368 g/mol. The van der Waals surface area contributed by atoms with Crippen molar-refractivity contribution in [2.45, 2.75) is 65.4 Å². The highest BCUT2D eigenvalue weighted by molar-refractivity contribution is 5.62. The summed E-state index contributed by atoms with van der Waals surface area (Å²) in [6.07, 6.45) is 6.91. The lowest BCUT2D eigenvalue weighted by molar-refractivity contribution is 0.201. The molecule has 2 nitrogen and oxygen atoms in total. The Bertz CT molecular complexity index is 1030. The molecule has 0 N–H and O–H groups in total. The van der Waals surface area contributed by atoms with Crippen molar-refractivity contribution in [3.8, 4) is 5.75 Å². The van der Waals surface area contributed by atoms with E-state index in [2.05, 4.69) is 68.6 Å². The van der Waals surface area contributed by atoms with Gasteiger partial charge in [0.05, 0.1) is 5.76 Å². The molecule has 1 aliphatic carbocycles. The molecule has 0 unspecified atom stereocenters. The van der Waals surface area contributed by atoms with Gasteiger partial charge in [-0.2, -0.15) is 0 Å². The number of hydrogen-bond donors (Lipinski definition) is 0. The Hall–Kier alpha value is -2.70. The Morgan fingerprint density at radius 1 is 1.13 bits per heavy atom. The fraction of sp³-hybridized carbons (Fsp3) is 0.393. The number of hydrogen-bond acceptors (Lipinski definition) is 2. The molecule has 0 atom stereocenters. The Morgan fingerprint density at radius 2 is 1.83 bits per heavy atom. The second kappa shape index (κ2) is 8.20. The van der Waals surface area contributed by atoms with Gasteiger partial charge in [0.2, 0.25) is 0 Å². The average Bonchev–Trinajstić information content (AvgIpc) is 2.73. The van der Waals surface area contributed by atoms with Gasteiger partial charge in [0.25, 0.3) is 0 Å². The molecular formula is C28H32O2. The molecule has 2 heteroatoms. The molecule has 1 aliphatic heterocycles. The number of ether oxygens (including phenoxy) is 2. The molecule has 0 amide bonds. The first-order valence-corrected chi connectivity index (χ1v) is 11.0. The van der Waals surface area contributed by atoms with Crippen molar-refractivity contribution in [2.75, 3.05) is 0 Å². The summed E-state index contributed by atoms with van der Waals surface area (Å²) in [4.78, 5) is 0. The minimum absolute atomic E-state index is 0.0457. The molecule has 0 radical (unpaired) electrons. The lowest BCUT2D eigenvalue weighted by atomic mass is 9.63. The van der Waals surface area contributed by atoms with Crippen LogP contribution < -0.4 is 4.74 Å². The molecule has 1 saturated carbocycles. The van der Waals surface area contributed by atoms with Gasteiger partial charge in [-0.15, -0.1) is 0 Å². The second-order valence-electron chi connectivity index (χ2n) is 9.10. The minimum Gasteiger partial charge on any atom is -0.494 e. The lowest BCUT2D eigenvalue weighted by Crippen LogP contribution is -2.33. The number of fused-ring (bicyclic) bond motifs is 1. The summed E-state index contributed by atoms with van der Waals surface area (Å²) in [5, 5.41) is 0. The molecule has 1 heterocycles. The third-order valence-electron chi connectivity index (χ3n) is 6.75. The Labute approximate surface area is 180 Å². The van der Waals surface area contributed by atoms with E-state index in [1.54, 1.807) is 0 Å². The van der Waals surface area contributed by atoms with E-state index < -0.39 is 0 Å². The van der Waals surface area contributed by atoms with E-state index in [9.17, 15) is 0 Å². The van der Waals surface area contributed by atoms with Gasteiger partial charge < -0.3 is 9.47 Å². The molecule has 0 bridgehead atoms. The van der Waals surface area contributed by atoms with Crippen LogP contribution in [-0.2, 0) is 16.8 Å². The molecule has 4 rings (SSSR count). The first-order chi connectivity index (χ1) is 14.4.